The van der Waals surface area contributed by atoms with Crippen molar-refractivity contribution in [1.29, 1.82) is 5.41 Å². The van der Waals surface area contributed by atoms with Gasteiger partial charge in [-0.15, -0.1) is 0 Å². The van der Waals surface area contributed by atoms with Crippen LogP contribution in [0.2, 0.25) is 5.02 Å². The lowest BCUT2D eigenvalue weighted by Crippen LogP contribution is -2.25. The first-order valence-corrected chi connectivity index (χ1v) is 4.70. The van der Waals surface area contributed by atoms with Crippen LogP contribution in [-0.4, -0.2) is 12.4 Å². The van der Waals surface area contributed by atoms with E-state index >= 15 is 0 Å². The van der Waals surface area contributed by atoms with Gasteiger partial charge < -0.3 is 10.5 Å². The van der Waals surface area contributed by atoms with E-state index in [-0.39, 0.29) is 11.8 Å². The van der Waals surface area contributed by atoms with Crippen LogP contribution >= 0.6 is 11.6 Å². The zero-order chi connectivity index (χ0) is 10.6. The maximum atomic E-state index is 7.18. The SMILES string of the molecule is CC(COc1ccccc1Cl)C(=N)N. The molecule has 0 bridgehead atoms. The van der Waals surface area contributed by atoms with Gasteiger partial charge in [-0.3, -0.25) is 5.41 Å². The largest absolute Gasteiger partial charge is 0.491 e. The minimum atomic E-state index is -0.0914. The topological polar surface area (TPSA) is 59.1 Å². The van der Waals surface area contributed by atoms with Crippen molar-refractivity contribution >= 4 is 17.4 Å². The maximum absolute atomic E-state index is 7.18. The van der Waals surface area contributed by atoms with Crippen molar-refractivity contribution in [2.45, 2.75) is 6.92 Å². The molecule has 4 heteroatoms. The second-order valence-electron chi connectivity index (χ2n) is 3.10. The molecule has 1 rings (SSSR count). The number of amidine groups is 1. The maximum Gasteiger partial charge on any atom is 0.137 e. The Morgan fingerprint density at radius 1 is 1.57 bits per heavy atom. The molecule has 0 spiro atoms. The van der Waals surface area contributed by atoms with E-state index in [2.05, 4.69) is 0 Å². The molecule has 1 aromatic carbocycles. The minimum Gasteiger partial charge on any atom is -0.491 e. The van der Waals surface area contributed by atoms with Crippen molar-refractivity contribution < 1.29 is 4.74 Å². The Hall–Kier alpha value is -1.22. The fourth-order valence-electron chi connectivity index (χ4n) is 0.866. The number of nitrogens with two attached hydrogens (primary N) is 1. The zero-order valence-electron chi connectivity index (χ0n) is 7.96. The second kappa shape index (κ2) is 4.86. The minimum absolute atomic E-state index is 0.0914. The van der Waals surface area contributed by atoms with Gasteiger partial charge in [0.15, 0.2) is 0 Å². The number of halogens is 1. The third-order valence-corrected chi connectivity index (χ3v) is 2.17. The number of nitrogens with one attached hydrogen (secondary N) is 1. The first-order chi connectivity index (χ1) is 6.61. The molecule has 0 aromatic heterocycles. The van der Waals surface area contributed by atoms with Gasteiger partial charge in [-0.1, -0.05) is 30.7 Å². The summed E-state index contributed by atoms with van der Waals surface area (Å²) in [4.78, 5) is 0. The van der Waals surface area contributed by atoms with Crippen LogP contribution in [-0.2, 0) is 0 Å². The highest BCUT2D eigenvalue weighted by atomic mass is 35.5. The molecule has 14 heavy (non-hydrogen) atoms. The van der Waals surface area contributed by atoms with Gasteiger partial charge in [-0.2, -0.15) is 0 Å². The molecule has 3 nitrogen and oxygen atoms in total. The van der Waals surface area contributed by atoms with Crippen molar-refractivity contribution in [2.24, 2.45) is 11.7 Å². The normalized spacial score (nSPS) is 12.1. The van der Waals surface area contributed by atoms with Crippen LogP contribution in [0.25, 0.3) is 0 Å². The lowest BCUT2D eigenvalue weighted by Gasteiger charge is -2.12. The van der Waals surface area contributed by atoms with Gasteiger partial charge in [0.2, 0.25) is 0 Å². The molecule has 76 valence electrons. The fourth-order valence-corrected chi connectivity index (χ4v) is 1.06. The Bertz CT molecular complexity index is 328. The molecule has 0 aliphatic carbocycles. The highest BCUT2D eigenvalue weighted by Gasteiger charge is 2.07. The third kappa shape index (κ3) is 2.92. The van der Waals surface area contributed by atoms with E-state index in [1.54, 1.807) is 12.1 Å². The second-order valence-corrected chi connectivity index (χ2v) is 3.51. The van der Waals surface area contributed by atoms with Crippen LogP contribution in [0.1, 0.15) is 6.92 Å². The standard InChI is InChI=1S/C10H13ClN2O/c1-7(10(12)13)6-14-9-5-3-2-4-8(9)11/h2-5,7H,6H2,1H3,(H3,12,13). The summed E-state index contributed by atoms with van der Waals surface area (Å²) in [6.45, 7) is 2.21. The van der Waals surface area contributed by atoms with Gasteiger partial charge in [-0.05, 0) is 12.1 Å². The van der Waals surface area contributed by atoms with Crippen LogP contribution in [0, 0.1) is 11.3 Å². The first-order valence-electron chi connectivity index (χ1n) is 4.32. The van der Waals surface area contributed by atoms with Crippen molar-refractivity contribution in [1.82, 2.24) is 0 Å². The molecule has 0 radical (unpaired) electrons. The summed E-state index contributed by atoms with van der Waals surface area (Å²) in [7, 11) is 0. The van der Waals surface area contributed by atoms with Gasteiger partial charge in [0.1, 0.15) is 5.75 Å². The molecular formula is C10H13ClN2O. The molecule has 1 aromatic rings. The number of benzene rings is 1. The lowest BCUT2D eigenvalue weighted by molar-refractivity contribution is 0.292. The molecule has 0 saturated carbocycles. The summed E-state index contributed by atoms with van der Waals surface area (Å²) < 4.78 is 5.41. The van der Waals surface area contributed by atoms with E-state index in [9.17, 15) is 0 Å². The summed E-state index contributed by atoms with van der Waals surface area (Å²) in [6.07, 6.45) is 0. The number of ether oxygens (including phenoxy) is 1. The van der Waals surface area contributed by atoms with E-state index in [1.807, 2.05) is 19.1 Å². The molecule has 0 saturated heterocycles. The van der Waals surface area contributed by atoms with Crippen LogP contribution in [0.4, 0.5) is 0 Å². The first kappa shape index (κ1) is 10.9. The molecule has 0 heterocycles. The van der Waals surface area contributed by atoms with Gasteiger partial charge in [0.25, 0.3) is 0 Å². The molecule has 1 atom stereocenters. The summed E-state index contributed by atoms with van der Waals surface area (Å²) in [6, 6.07) is 7.23. The van der Waals surface area contributed by atoms with E-state index in [0.717, 1.165) is 0 Å². The van der Waals surface area contributed by atoms with Gasteiger partial charge in [0.05, 0.1) is 17.5 Å². The third-order valence-electron chi connectivity index (χ3n) is 1.86. The smallest absolute Gasteiger partial charge is 0.137 e. The Morgan fingerprint density at radius 2 is 2.21 bits per heavy atom. The predicted molar refractivity (Wildman–Crippen MR) is 58.0 cm³/mol. The van der Waals surface area contributed by atoms with Crippen LogP contribution in [0.15, 0.2) is 24.3 Å². The molecule has 0 aliphatic rings. The van der Waals surface area contributed by atoms with Gasteiger partial charge in [0, 0.05) is 5.92 Å². The average molecular weight is 213 g/mol. The number of para-hydroxylation sites is 1. The Balaban J connectivity index is 2.54. The van der Waals surface area contributed by atoms with E-state index in [0.29, 0.717) is 17.4 Å². The summed E-state index contributed by atoms with van der Waals surface area (Å²) in [5, 5.41) is 7.76. The molecule has 0 fully saturated rings. The Labute approximate surface area is 88.3 Å². The predicted octanol–water partition coefficient (Wildman–Crippen LogP) is 2.29. The van der Waals surface area contributed by atoms with Crippen molar-refractivity contribution in [3.63, 3.8) is 0 Å². The summed E-state index contributed by atoms with van der Waals surface area (Å²) in [5.41, 5.74) is 5.31. The summed E-state index contributed by atoms with van der Waals surface area (Å²) in [5.74, 6) is 0.658. The highest BCUT2D eigenvalue weighted by Crippen LogP contribution is 2.23. The van der Waals surface area contributed by atoms with Crippen LogP contribution in [0.5, 0.6) is 5.75 Å². The van der Waals surface area contributed by atoms with Gasteiger partial charge >= 0.3 is 0 Å². The Kier molecular flexibility index (Phi) is 3.77. The fraction of sp³-hybridized carbons (Fsp3) is 0.300. The number of hydrogen-bond acceptors (Lipinski definition) is 2. The Morgan fingerprint density at radius 3 is 2.79 bits per heavy atom. The lowest BCUT2D eigenvalue weighted by atomic mass is 10.2. The molecule has 1 unspecified atom stereocenters. The number of hydrogen-bond donors (Lipinski definition) is 2. The molecule has 0 aliphatic heterocycles. The van der Waals surface area contributed by atoms with Crippen molar-refractivity contribution in [2.75, 3.05) is 6.61 Å². The van der Waals surface area contributed by atoms with Crippen LogP contribution < -0.4 is 10.5 Å². The zero-order valence-corrected chi connectivity index (χ0v) is 8.71. The van der Waals surface area contributed by atoms with Crippen molar-refractivity contribution in [3.8, 4) is 5.75 Å². The monoisotopic (exact) mass is 212 g/mol. The highest BCUT2D eigenvalue weighted by molar-refractivity contribution is 6.32. The van der Waals surface area contributed by atoms with E-state index in [1.165, 1.54) is 0 Å². The number of rotatable bonds is 4. The average Bonchev–Trinajstić information content (AvgIpc) is 2.16. The molecule has 0 amide bonds. The van der Waals surface area contributed by atoms with E-state index < -0.39 is 0 Å². The molecular weight excluding hydrogens is 200 g/mol. The summed E-state index contributed by atoms with van der Waals surface area (Å²) >= 11 is 5.88. The quantitative estimate of drug-likeness (QED) is 0.594. The van der Waals surface area contributed by atoms with Gasteiger partial charge in [-0.25, -0.2) is 0 Å². The van der Waals surface area contributed by atoms with Crippen molar-refractivity contribution in [3.05, 3.63) is 29.3 Å². The molecule has 3 N–H and O–H groups in total. The van der Waals surface area contributed by atoms with E-state index in [4.69, 9.17) is 27.5 Å². The van der Waals surface area contributed by atoms with Crippen LogP contribution in [0.3, 0.4) is 0 Å².